The van der Waals surface area contributed by atoms with E-state index in [0.29, 0.717) is 127 Å². The zero-order chi connectivity index (χ0) is 68.0. The van der Waals surface area contributed by atoms with Crippen molar-refractivity contribution in [2.45, 2.75) is 60.0 Å². The lowest BCUT2D eigenvalue weighted by Gasteiger charge is -2.39. The molecule has 2 N–H and O–H groups in total. The molecule has 12 heterocycles. The molecule has 4 amide bonds. The highest BCUT2D eigenvalue weighted by Gasteiger charge is 2.32. The van der Waals surface area contributed by atoms with Crippen molar-refractivity contribution < 1.29 is 19.7 Å². The zero-order valence-corrected chi connectivity index (χ0v) is 56.1. The average Bonchev–Trinajstić information content (AvgIpc) is 1.62. The lowest BCUT2D eigenvalue weighted by Crippen LogP contribution is -2.61. The van der Waals surface area contributed by atoms with Gasteiger partial charge in [0.2, 0.25) is 11.9 Å². The number of likely N-dealkylation sites (tertiary alicyclic amines) is 2. The van der Waals surface area contributed by atoms with Gasteiger partial charge in [0.1, 0.15) is 67.8 Å². The Balaban J connectivity index is 0.000000189. The van der Waals surface area contributed by atoms with Gasteiger partial charge in [0.05, 0.1) is 23.5 Å². The summed E-state index contributed by atoms with van der Waals surface area (Å²) in [5.74, 6) is 2.28. The van der Waals surface area contributed by atoms with Crippen LogP contribution in [0.25, 0.3) is 56.1 Å². The SMILES string of the molecule is C.CCc1nc2ccc(-c3cnc(N4CCN(C(=O)NC5CN(C)C5)CC4)nc3)cn2c1N(C)c1nc(-c2ccc(F)cc2)c(C#N)s1.CCc1nc2ccc(-c3cnc(N4CCN(C(=O)NC5CN(C)C5)CC4)nc3)cn2c1N(C)c1nc(-c2ccc(F)cc2)c(C#N)s1.[2H]CC. The minimum atomic E-state index is -0.342. The van der Waals surface area contributed by atoms with E-state index in [2.05, 4.69) is 76.2 Å². The smallest absolute Gasteiger partial charge is 0.317 e. The highest BCUT2D eigenvalue weighted by molar-refractivity contribution is 7.17. The van der Waals surface area contributed by atoms with Crippen LogP contribution in [0.4, 0.5) is 52.2 Å². The van der Waals surface area contributed by atoms with Crippen molar-refractivity contribution >= 4 is 79.8 Å². The summed E-state index contributed by atoms with van der Waals surface area (Å²) >= 11 is 2.57. The summed E-state index contributed by atoms with van der Waals surface area (Å²) in [4.78, 5) is 80.4. The quantitative estimate of drug-likeness (QED) is 0.103. The first-order valence-corrected chi connectivity index (χ1v) is 33.4. The number of rotatable bonds is 14. The fourth-order valence-corrected chi connectivity index (χ4v) is 13.8. The van der Waals surface area contributed by atoms with Crippen LogP contribution >= 0.6 is 22.7 Å². The van der Waals surface area contributed by atoms with E-state index in [1.54, 1.807) is 31.2 Å². The van der Waals surface area contributed by atoms with E-state index >= 15 is 0 Å². The second-order valence-corrected chi connectivity index (χ2v) is 25.6. The maximum atomic E-state index is 13.6. The summed E-state index contributed by atoms with van der Waals surface area (Å²) in [5, 5.41) is 27.2. The summed E-state index contributed by atoms with van der Waals surface area (Å²) in [6.45, 7) is 15.1. The number of likely N-dealkylation sites (N-methyl/N-ethyl adjacent to an activating group) is 2. The zero-order valence-electron chi connectivity index (χ0n) is 55.5. The highest BCUT2D eigenvalue weighted by atomic mass is 32.1. The van der Waals surface area contributed by atoms with Gasteiger partial charge in [-0.05, 0) is 99.7 Å². The van der Waals surface area contributed by atoms with Crippen molar-refractivity contribution in [2.24, 2.45) is 0 Å². The summed E-state index contributed by atoms with van der Waals surface area (Å²) in [6.07, 6.45) is 12.7. The molecule has 0 bridgehead atoms. The number of pyridine rings is 2. The van der Waals surface area contributed by atoms with Gasteiger partial charge in [-0.15, -0.1) is 0 Å². The van der Waals surface area contributed by atoms with Gasteiger partial charge in [-0.3, -0.25) is 8.80 Å². The predicted octanol–water partition coefficient (Wildman–Crippen LogP) is 10.5. The number of nitrogens with one attached hydrogen (secondary N) is 2. The van der Waals surface area contributed by atoms with Gasteiger partial charge >= 0.3 is 12.1 Å². The van der Waals surface area contributed by atoms with E-state index in [1.165, 1.54) is 46.9 Å². The van der Waals surface area contributed by atoms with Crippen LogP contribution in [0.2, 0.25) is 0 Å². The number of halogens is 2. The molecular formula is C69H78F2N22O2S2. The number of carbonyl (C=O) groups excluding carboxylic acids is 2. The molecule has 502 valence electrons. The molecule has 0 unspecified atom stereocenters. The van der Waals surface area contributed by atoms with Crippen molar-refractivity contribution in [3.05, 3.63) is 143 Å². The van der Waals surface area contributed by atoms with Crippen molar-refractivity contribution in [1.82, 2.24) is 78.9 Å². The number of urea groups is 2. The van der Waals surface area contributed by atoms with E-state index in [4.69, 9.17) is 21.3 Å². The van der Waals surface area contributed by atoms with Crippen LogP contribution in [0, 0.1) is 34.3 Å². The van der Waals surface area contributed by atoms with Gasteiger partial charge in [0.15, 0.2) is 10.3 Å². The van der Waals surface area contributed by atoms with E-state index in [0.717, 1.165) is 82.8 Å². The van der Waals surface area contributed by atoms with Gasteiger partial charge in [-0.2, -0.15) is 10.5 Å². The molecule has 4 aliphatic rings. The number of benzene rings is 2. The van der Waals surface area contributed by atoms with E-state index in [1.807, 2.05) is 118 Å². The normalized spacial score (nSPS) is 15.2. The molecule has 8 aromatic heterocycles. The number of piperazine rings is 2. The third-order valence-electron chi connectivity index (χ3n) is 17.3. The van der Waals surface area contributed by atoms with Crippen LogP contribution in [-0.2, 0) is 12.8 Å². The molecule has 14 rings (SSSR count). The molecule has 0 spiro atoms. The number of hydrogen-bond donors (Lipinski definition) is 2. The first-order valence-electron chi connectivity index (χ1n) is 32.5. The van der Waals surface area contributed by atoms with Gasteiger partial charge in [0, 0.05) is 165 Å². The molecule has 4 fully saturated rings. The fourth-order valence-electron chi connectivity index (χ4n) is 12.1. The van der Waals surface area contributed by atoms with Crippen LogP contribution < -0.4 is 30.2 Å². The van der Waals surface area contributed by atoms with Gasteiger partial charge in [-0.25, -0.2) is 58.2 Å². The maximum Gasteiger partial charge on any atom is 0.317 e. The molecule has 0 atom stereocenters. The lowest BCUT2D eigenvalue weighted by atomic mass is 10.1. The van der Waals surface area contributed by atoms with Crippen LogP contribution in [0.1, 0.15) is 57.6 Å². The summed E-state index contributed by atoms with van der Waals surface area (Å²) in [5.41, 5.74) is 9.33. The molecule has 4 aliphatic heterocycles. The predicted molar refractivity (Wildman–Crippen MR) is 377 cm³/mol. The molecule has 4 saturated heterocycles. The van der Waals surface area contributed by atoms with Gasteiger partial charge in [0.25, 0.3) is 0 Å². The van der Waals surface area contributed by atoms with E-state index in [-0.39, 0.29) is 43.2 Å². The third-order valence-corrected chi connectivity index (χ3v) is 19.4. The van der Waals surface area contributed by atoms with Crippen molar-refractivity contribution in [3.8, 4) is 56.9 Å². The molecule has 28 heteroatoms. The Kier molecular flexibility index (Phi) is 20.5. The Morgan fingerprint density at radius 2 is 0.897 bits per heavy atom. The average molecular weight is 1350 g/mol. The number of fused-ring (bicyclic) bond motifs is 2. The maximum absolute atomic E-state index is 13.6. The Hall–Kier alpha value is -10.3. The number of anilines is 6. The number of hydrogen-bond acceptors (Lipinski definition) is 20. The molecule has 24 nitrogen and oxygen atoms in total. The number of nitriles is 2. The summed E-state index contributed by atoms with van der Waals surface area (Å²) < 4.78 is 37.4. The van der Waals surface area contributed by atoms with Crippen molar-refractivity contribution in [3.63, 3.8) is 0 Å². The summed E-state index contributed by atoms with van der Waals surface area (Å²) in [6, 6.07) is 24.9. The standard InChI is InChI=1S/2C33H34FN11OS.C2H6.CH4/c2*1-4-26-30(42(3)33-40-29(27(15-35)47-33)21-5-8-24(34)9-6-21)45-18-22(7-10-28(45)39-26)23-16-36-31(37-17-23)43-11-13-44(14-12-43)32(46)38-25-19-41(2)20-25;1-2;/h2*5-10,16-18,25H,4,11-14,19-20H2,1-3H3,(H,38,46);1-2H3;1H4/i;;1D;. The second kappa shape index (κ2) is 29.8. The number of aryl methyl sites for hydroxylation is 2. The monoisotopic (exact) mass is 1350 g/mol. The molecule has 0 saturated carbocycles. The van der Waals surface area contributed by atoms with Gasteiger partial charge < -0.3 is 49.8 Å². The minimum absolute atomic E-state index is 0. The highest BCUT2D eigenvalue weighted by Crippen LogP contribution is 2.40. The van der Waals surface area contributed by atoms with Crippen LogP contribution in [0.3, 0.4) is 0 Å². The molecule has 0 radical (unpaired) electrons. The number of imidazole rings is 2. The summed E-state index contributed by atoms with van der Waals surface area (Å²) in [7, 11) is 7.92. The number of thiazole rings is 2. The van der Waals surface area contributed by atoms with Crippen molar-refractivity contribution in [2.75, 3.05) is 126 Å². The minimum Gasteiger partial charge on any atom is -0.337 e. The van der Waals surface area contributed by atoms with Gasteiger partial charge in [-0.1, -0.05) is 57.8 Å². The first-order chi connectivity index (χ1) is 47.0. The largest absolute Gasteiger partial charge is 0.337 e. The van der Waals surface area contributed by atoms with E-state index < -0.39 is 0 Å². The molecule has 2 aromatic carbocycles. The molecular weight excluding hydrogens is 1270 g/mol. The Labute approximate surface area is 572 Å². The molecule has 97 heavy (non-hydrogen) atoms. The Morgan fingerprint density at radius 3 is 1.22 bits per heavy atom. The number of carbonyl (C=O) groups is 2. The van der Waals surface area contributed by atoms with Crippen molar-refractivity contribution in [1.29, 1.82) is 10.5 Å². The van der Waals surface area contributed by atoms with Crippen LogP contribution in [0.5, 0.6) is 0 Å². The van der Waals surface area contributed by atoms with Crippen LogP contribution in [-0.4, -0.2) is 199 Å². The van der Waals surface area contributed by atoms with Crippen LogP contribution in [0.15, 0.2) is 110 Å². The number of aromatic nitrogens is 10. The Bertz CT molecular complexity index is 4220. The molecule has 0 aliphatic carbocycles. The number of nitrogens with zero attached hydrogens (tertiary/aromatic N) is 20. The molecule has 10 aromatic rings. The van der Waals surface area contributed by atoms with E-state index in [9.17, 15) is 28.9 Å². The first kappa shape index (κ1) is 66.7. The third kappa shape index (κ3) is 14.5. The Morgan fingerprint density at radius 1 is 0.557 bits per heavy atom. The number of amides is 4. The lowest BCUT2D eigenvalue weighted by molar-refractivity contribution is 0.144. The fraction of sp³-hybridized carbons (Fsp3) is 0.362. The second-order valence-electron chi connectivity index (χ2n) is 23.7. The topological polar surface area (TPSA) is 244 Å².